The van der Waals surface area contributed by atoms with Crippen LogP contribution in [0.15, 0.2) is 18.2 Å². The molecular formula is C16H25N3. The van der Waals surface area contributed by atoms with Gasteiger partial charge in [-0.25, -0.2) is 4.98 Å². The predicted molar refractivity (Wildman–Crippen MR) is 79.4 cm³/mol. The predicted octanol–water partition coefficient (Wildman–Crippen LogP) is 3.10. The monoisotopic (exact) mass is 259 g/mol. The number of nitrogens with one attached hydrogen (secondary N) is 1. The molecule has 0 bridgehead atoms. The van der Waals surface area contributed by atoms with Gasteiger partial charge in [-0.3, -0.25) is 0 Å². The molecule has 1 N–H and O–H groups in total. The van der Waals surface area contributed by atoms with Gasteiger partial charge in [0.15, 0.2) is 0 Å². The number of hydrogen-bond acceptors (Lipinski definition) is 3. The zero-order valence-electron chi connectivity index (χ0n) is 11.9. The van der Waals surface area contributed by atoms with Gasteiger partial charge in [0.2, 0.25) is 0 Å². The van der Waals surface area contributed by atoms with Gasteiger partial charge in [0.05, 0.1) is 5.69 Å². The van der Waals surface area contributed by atoms with Gasteiger partial charge in [0.25, 0.3) is 0 Å². The summed E-state index contributed by atoms with van der Waals surface area (Å²) >= 11 is 0. The molecule has 0 spiro atoms. The number of anilines is 1. The molecule has 3 nitrogen and oxygen atoms in total. The zero-order valence-corrected chi connectivity index (χ0v) is 11.9. The van der Waals surface area contributed by atoms with Gasteiger partial charge in [-0.1, -0.05) is 18.9 Å². The van der Waals surface area contributed by atoms with Gasteiger partial charge >= 0.3 is 0 Å². The quantitative estimate of drug-likeness (QED) is 0.900. The van der Waals surface area contributed by atoms with Crippen molar-refractivity contribution < 1.29 is 0 Å². The van der Waals surface area contributed by atoms with Crippen molar-refractivity contribution in [1.82, 2.24) is 10.3 Å². The maximum absolute atomic E-state index is 4.85. The van der Waals surface area contributed by atoms with Crippen LogP contribution in [0.4, 0.5) is 5.82 Å². The highest BCUT2D eigenvalue weighted by Gasteiger charge is 2.21. The normalized spacial score (nSPS) is 24.3. The molecule has 1 aromatic rings. The largest absolute Gasteiger partial charge is 0.354 e. The molecule has 104 valence electrons. The second-order valence-electron chi connectivity index (χ2n) is 6.03. The summed E-state index contributed by atoms with van der Waals surface area (Å²) in [6.07, 6.45) is 8.00. The van der Waals surface area contributed by atoms with E-state index in [4.69, 9.17) is 4.98 Å². The van der Waals surface area contributed by atoms with Crippen LogP contribution in [0.25, 0.3) is 0 Å². The topological polar surface area (TPSA) is 28.2 Å². The van der Waals surface area contributed by atoms with Crippen LogP contribution in [0.1, 0.15) is 51.1 Å². The summed E-state index contributed by atoms with van der Waals surface area (Å²) in [5, 5.41) is 3.55. The SMILES string of the molecule is CC1CCCCCN1c1cccc(CNC2CC2)n1. The molecule has 19 heavy (non-hydrogen) atoms. The summed E-state index contributed by atoms with van der Waals surface area (Å²) in [7, 11) is 0. The van der Waals surface area contributed by atoms with E-state index in [9.17, 15) is 0 Å². The van der Waals surface area contributed by atoms with Crippen molar-refractivity contribution in [3.63, 3.8) is 0 Å². The Hall–Kier alpha value is -1.09. The van der Waals surface area contributed by atoms with Crippen molar-refractivity contribution in [1.29, 1.82) is 0 Å². The molecule has 1 unspecified atom stereocenters. The minimum Gasteiger partial charge on any atom is -0.354 e. The Balaban J connectivity index is 1.69. The van der Waals surface area contributed by atoms with E-state index in [1.807, 2.05) is 0 Å². The van der Waals surface area contributed by atoms with E-state index >= 15 is 0 Å². The Morgan fingerprint density at radius 1 is 1.21 bits per heavy atom. The molecule has 0 amide bonds. The van der Waals surface area contributed by atoms with Crippen LogP contribution < -0.4 is 10.2 Å². The fourth-order valence-electron chi connectivity index (χ4n) is 2.88. The Labute approximate surface area is 116 Å². The standard InChI is InChI=1S/C16H25N3/c1-13-6-3-2-4-11-19(13)16-8-5-7-15(18-16)12-17-14-9-10-14/h5,7-8,13-14,17H,2-4,6,9-12H2,1H3. The van der Waals surface area contributed by atoms with Gasteiger partial charge in [-0.15, -0.1) is 0 Å². The maximum Gasteiger partial charge on any atom is 0.129 e. The van der Waals surface area contributed by atoms with Crippen molar-refractivity contribution in [2.24, 2.45) is 0 Å². The molecule has 2 fully saturated rings. The Morgan fingerprint density at radius 2 is 2.11 bits per heavy atom. The average Bonchev–Trinajstić information content (AvgIpc) is 3.24. The molecule has 3 heteroatoms. The Morgan fingerprint density at radius 3 is 2.95 bits per heavy atom. The van der Waals surface area contributed by atoms with Gasteiger partial charge in [-0.2, -0.15) is 0 Å². The highest BCUT2D eigenvalue weighted by atomic mass is 15.2. The van der Waals surface area contributed by atoms with E-state index in [-0.39, 0.29) is 0 Å². The van der Waals surface area contributed by atoms with E-state index in [1.165, 1.54) is 50.0 Å². The second kappa shape index (κ2) is 5.91. The summed E-state index contributed by atoms with van der Waals surface area (Å²) in [5.41, 5.74) is 1.18. The summed E-state index contributed by atoms with van der Waals surface area (Å²) in [6, 6.07) is 7.84. The fraction of sp³-hybridized carbons (Fsp3) is 0.688. The van der Waals surface area contributed by atoms with Crippen LogP contribution in [-0.2, 0) is 6.54 Å². The number of pyridine rings is 1. The average molecular weight is 259 g/mol. The van der Waals surface area contributed by atoms with E-state index in [0.29, 0.717) is 6.04 Å². The van der Waals surface area contributed by atoms with Crippen molar-refractivity contribution in [3.8, 4) is 0 Å². The number of nitrogens with zero attached hydrogens (tertiary/aromatic N) is 2. The van der Waals surface area contributed by atoms with Crippen LogP contribution in [0.3, 0.4) is 0 Å². The van der Waals surface area contributed by atoms with Crippen molar-refractivity contribution >= 4 is 5.82 Å². The van der Waals surface area contributed by atoms with Gasteiger partial charge in [0, 0.05) is 25.2 Å². The zero-order chi connectivity index (χ0) is 13.1. The number of aromatic nitrogens is 1. The first-order valence-corrected chi connectivity index (χ1v) is 7.79. The lowest BCUT2D eigenvalue weighted by molar-refractivity contribution is 0.608. The van der Waals surface area contributed by atoms with Crippen LogP contribution in [0.5, 0.6) is 0 Å². The molecule has 2 aliphatic rings. The molecule has 0 radical (unpaired) electrons. The van der Waals surface area contributed by atoms with Gasteiger partial charge < -0.3 is 10.2 Å². The third-order valence-corrected chi connectivity index (χ3v) is 4.29. The van der Waals surface area contributed by atoms with E-state index in [0.717, 1.165) is 19.1 Å². The smallest absolute Gasteiger partial charge is 0.129 e. The minimum atomic E-state index is 0.627. The Kier molecular flexibility index (Phi) is 4.02. The molecule has 0 aromatic carbocycles. The minimum absolute atomic E-state index is 0.627. The van der Waals surface area contributed by atoms with Crippen LogP contribution >= 0.6 is 0 Å². The summed E-state index contributed by atoms with van der Waals surface area (Å²) in [6.45, 7) is 4.41. The lowest BCUT2D eigenvalue weighted by Crippen LogP contribution is -2.33. The molecule has 1 saturated heterocycles. The van der Waals surface area contributed by atoms with Crippen molar-refractivity contribution in [2.45, 2.75) is 64.1 Å². The first kappa shape index (κ1) is 12.9. The van der Waals surface area contributed by atoms with Crippen molar-refractivity contribution in [2.75, 3.05) is 11.4 Å². The van der Waals surface area contributed by atoms with E-state index in [2.05, 4.69) is 35.3 Å². The molecular weight excluding hydrogens is 234 g/mol. The van der Waals surface area contributed by atoms with Crippen molar-refractivity contribution in [3.05, 3.63) is 23.9 Å². The molecule has 3 rings (SSSR count). The molecule has 1 aromatic heterocycles. The van der Waals surface area contributed by atoms with E-state index < -0.39 is 0 Å². The molecule has 1 saturated carbocycles. The lowest BCUT2D eigenvalue weighted by Gasteiger charge is -2.28. The summed E-state index contributed by atoms with van der Waals surface area (Å²) < 4.78 is 0. The molecule has 1 atom stereocenters. The number of rotatable bonds is 4. The molecule has 2 heterocycles. The van der Waals surface area contributed by atoms with Gasteiger partial charge in [0.1, 0.15) is 5.82 Å². The summed E-state index contributed by atoms with van der Waals surface area (Å²) in [4.78, 5) is 7.35. The van der Waals surface area contributed by atoms with Crippen LogP contribution in [-0.4, -0.2) is 23.6 Å². The second-order valence-corrected chi connectivity index (χ2v) is 6.03. The Bertz CT molecular complexity index is 414. The first-order valence-electron chi connectivity index (χ1n) is 7.79. The first-order chi connectivity index (χ1) is 9.33. The molecule has 1 aliphatic heterocycles. The highest BCUT2D eigenvalue weighted by Crippen LogP contribution is 2.23. The lowest BCUT2D eigenvalue weighted by atomic mass is 10.1. The highest BCUT2D eigenvalue weighted by molar-refractivity contribution is 5.40. The van der Waals surface area contributed by atoms with E-state index in [1.54, 1.807) is 0 Å². The third-order valence-electron chi connectivity index (χ3n) is 4.29. The summed E-state index contributed by atoms with van der Waals surface area (Å²) in [5.74, 6) is 1.17. The maximum atomic E-state index is 4.85. The molecule has 1 aliphatic carbocycles. The number of hydrogen-bond donors (Lipinski definition) is 1. The van der Waals surface area contributed by atoms with Crippen LogP contribution in [0, 0.1) is 0 Å². The van der Waals surface area contributed by atoms with Crippen LogP contribution in [0.2, 0.25) is 0 Å². The fourth-order valence-corrected chi connectivity index (χ4v) is 2.88. The third kappa shape index (κ3) is 3.47. The van der Waals surface area contributed by atoms with Gasteiger partial charge in [-0.05, 0) is 44.7 Å².